The van der Waals surface area contributed by atoms with Crippen LogP contribution in [0, 0.1) is 6.92 Å². The van der Waals surface area contributed by atoms with Gasteiger partial charge in [-0.3, -0.25) is 4.79 Å². The van der Waals surface area contributed by atoms with Crippen molar-refractivity contribution in [3.05, 3.63) is 46.0 Å². The van der Waals surface area contributed by atoms with Crippen molar-refractivity contribution in [1.29, 1.82) is 0 Å². The van der Waals surface area contributed by atoms with Crippen LogP contribution in [0.1, 0.15) is 28.4 Å². The number of carboxylic acids is 1. The predicted octanol–water partition coefficient (Wildman–Crippen LogP) is 3.23. The number of aryl methyl sites for hydroxylation is 1. The van der Waals surface area contributed by atoms with Gasteiger partial charge in [0, 0.05) is 22.7 Å². The number of carbonyl (C=O) groups is 2. The molecule has 0 atom stereocenters. The number of carbonyl (C=O) groups excluding carboxylic acids is 1. The highest BCUT2D eigenvalue weighted by Gasteiger charge is 2.16. The van der Waals surface area contributed by atoms with Crippen LogP contribution in [-0.4, -0.2) is 28.6 Å². The Morgan fingerprint density at radius 1 is 1.30 bits per heavy atom. The summed E-state index contributed by atoms with van der Waals surface area (Å²) in [4.78, 5) is 26.8. The van der Waals surface area contributed by atoms with Crippen LogP contribution in [0.5, 0.6) is 0 Å². The molecule has 2 aromatic heterocycles. The highest BCUT2D eigenvalue weighted by Crippen LogP contribution is 2.18. The molecule has 2 heterocycles. The Morgan fingerprint density at radius 3 is 2.74 bits per heavy atom. The first-order valence-corrected chi connectivity index (χ1v) is 8.18. The van der Waals surface area contributed by atoms with E-state index in [0.29, 0.717) is 31.8 Å². The van der Waals surface area contributed by atoms with Crippen molar-refractivity contribution in [3.63, 3.8) is 0 Å². The van der Waals surface area contributed by atoms with Crippen molar-refractivity contribution in [3.8, 4) is 0 Å². The van der Waals surface area contributed by atoms with E-state index in [1.54, 1.807) is 28.6 Å². The fourth-order valence-corrected chi connectivity index (χ4v) is 3.00. The third-order valence-electron chi connectivity index (χ3n) is 3.20. The fourth-order valence-electron chi connectivity index (χ4n) is 2.10. The Labute approximate surface area is 138 Å². The second-order valence-electron chi connectivity index (χ2n) is 5.18. The molecular formula is C16H20N2O4S. The van der Waals surface area contributed by atoms with Crippen LogP contribution in [0.2, 0.25) is 0 Å². The van der Waals surface area contributed by atoms with Gasteiger partial charge in [-0.2, -0.15) is 0 Å². The van der Waals surface area contributed by atoms with E-state index >= 15 is 0 Å². The van der Waals surface area contributed by atoms with Gasteiger partial charge in [0.05, 0.1) is 19.4 Å². The highest BCUT2D eigenvalue weighted by atomic mass is 32.1. The van der Waals surface area contributed by atoms with Gasteiger partial charge in [-0.15, -0.1) is 11.3 Å². The second-order valence-corrected chi connectivity index (χ2v) is 6.55. The molecule has 2 N–H and O–H groups in total. The molecule has 0 unspecified atom stereocenters. The molecule has 0 saturated carbocycles. The van der Waals surface area contributed by atoms with Crippen LogP contribution in [-0.2, 0) is 17.9 Å². The summed E-state index contributed by atoms with van der Waals surface area (Å²) in [5, 5.41) is 11.4. The van der Waals surface area contributed by atoms with Gasteiger partial charge in [0.25, 0.3) is 0 Å². The first-order chi connectivity index (χ1) is 11.0. The van der Waals surface area contributed by atoms with Crippen LogP contribution in [0.3, 0.4) is 0 Å². The largest absolute Gasteiger partial charge is 0.481 e. The number of hydrogen-bond acceptors (Lipinski definition) is 4. The Morgan fingerprint density at radius 2 is 2.13 bits per heavy atom. The maximum atomic E-state index is 12.4. The van der Waals surface area contributed by atoms with Gasteiger partial charge < -0.3 is 19.7 Å². The Hall–Kier alpha value is -2.28. The van der Waals surface area contributed by atoms with E-state index in [4.69, 9.17) is 9.52 Å². The number of furan rings is 1. The Bertz CT molecular complexity index is 636. The average molecular weight is 336 g/mol. The summed E-state index contributed by atoms with van der Waals surface area (Å²) in [7, 11) is 0. The van der Waals surface area contributed by atoms with E-state index in [1.165, 1.54) is 4.88 Å². The van der Waals surface area contributed by atoms with E-state index in [1.807, 2.05) is 25.1 Å². The molecule has 0 saturated heterocycles. The number of aliphatic carboxylic acids is 1. The van der Waals surface area contributed by atoms with Crippen LogP contribution in [0.25, 0.3) is 0 Å². The lowest BCUT2D eigenvalue weighted by molar-refractivity contribution is -0.137. The fraction of sp³-hybridized carbons (Fsp3) is 0.375. The minimum atomic E-state index is -0.860. The van der Waals surface area contributed by atoms with Gasteiger partial charge in [0.15, 0.2) is 0 Å². The van der Waals surface area contributed by atoms with Gasteiger partial charge in [0.1, 0.15) is 5.76 Å². The Balaban J connectivity index is 1.94. The molecular weight excluding hydrogens is 316 g/mol. The molecule has 0 radical (unpaired) electrons. The van der Waals surface area contributed by atoms with Gasteiger partial charge in [0.2, 0.25) is 0 Å². The van der Waals surface area contributed by atoms with Crippen molar-refractivity contribution in [2.45, 2.75) is 32.9 Å². The molecule has 124 valence electrons. The molecule has 2 amide bonds. The topological polar surface area (TPSA) is 82.8 Å². The molecule has 0 aliphatic rings. The molecule has 0 fully saturated rings. The Kier molecular flexibility index (Phi) is 6.22. The average Bonchev–Trinajstić information content (AvgIpc) is 3.14. The summed E-state index contributed by atoms with van der Waals surface area (Å²) in [6, 6.07) is 7.42. The summed E-state index contributed by atoms with van der Waals surface area (Å²) in [6.45, 7) is 3.22. The highest BCUT2D eigenvalue weighted by molar-refractivity contribution is 7.11. The number of nitrogens with zero attached hydrogens (tertiary/aromatic N) is 1. The summed E-state index contributed by atoms with van der Waals surface area (Å²) in [5.41, 5.74) is 0. The van der Waals surface area contributed by atoms with Gasteiger partial charge >= 0.3 is 12.0 Å². The molecule has 7 heteroatoms. The van der Waals surface area contributed by atoms with Crippen molar-refractivity contribution < 1.29 is 19.1 Å². The first-order valence-electron chi connectivity index (χ1n) is 7.37. The number of rotatable bonds is 8. The summed E-state index contributed by atoms with van der Waals surface area (Å²) in [6.07, 6.45) is 2.03. The molecule has 23 heavy (non-hydrogen) atoms. The monoisotopic (exact) mass is 336 g/mol. The van der Waals surface area contributed by atoms with Crippen LogP contribution >= 0.6 is 11.3 Å². The van der Waals surface area contributed by atoms with Gasteiger partial charge in [-0.05, 0) is 37.6 Å². The number of thiophene rings is 1. The minimum Gasteiger partial charge on any atom is -0.481 e. The molecule has 0 aliphatic carbocycles. The zero-order valence-corrected chi connectivity index (χ0v) is 13.8. The number of amides is 2. The molecule has 0 bridgehead atoms. The minimum absolute atomic E-state index is 0.0442. The van der Waals surface area contributed by atoms with Crippen molar-refractivity contribution in [2.24, 2.45) is 0 Å². The summed E-state index contributed by atoms with van der Waals surface area (Å²) >= 11 is 1.65. The van der Waals surface area contributed by atoms with Crippen LogP contribution in [0.15, 0.2) is 34.9 Å². The van der Waals surface area contributed by atoms with E-state index < -0.39 is 5.97 Å². The predicted molar refractivity (Wildman–Crippen MR) is 87.3 cm³/mol. The van der Waals surface area contributed by atoms with Crippen molar-refractivity contribution in [2.75, 3.05) is 6.54 Å². The van der Waals surface area contributed by atoms with Crippen LogP contribution in [0.4, 0.5) is 4.79 Å². The normalized spacial score (nSPS) is 10.5. The standard InChI is InChI=1S/C16H20N2O4S/c1-12-6-7-14(23-12)11-18(10-13-4-3-9-22-13)16(21)17-8-2-5-15(19)20/h3-4,6-7,9H,2,5,8,10-11H2,1H3,(H,17,21)(H,19,20). The van der Waals surface area contributed by atoms with E-state index in [-0.39, 0.29) is 12.5 Å². The van der Waals surface area contributed by atoms with Gasteiger partial charge in [-0.1, -0.05) is 0 Å². The van der Waals surface area contributed by atoms with Crippen molar-refractivity contribution in [1.82, 2.24) is 10.2 Å². The lowest BCUT2D eigenvalue weighted by Gasteiger charge is -2.21. The molecule has 0 spiro atoms. The maximum Gasteiger partial charge on any atom is 0.318 e. The number of hydrogen-bond donors (Lipinski definition) is 2. The maximum absolute atomic E-state index is 12.4. The molecule has 2 aromatic rings. The van der Waals surface area contributed by atoms with E-state index in [0.717, 1.165) is 4.88 Å². The quantitative estimate of drug-likeness (QED) is 0.725. The van der Waals surface area contributed by atoms with E-state index in [9.17, 15) is 9.59 Å². The SMILES string of the molecule is Cc1ccc(CN(Cc2ccco2)C(=O)NCCCC(=O)O)s1. The number of carboxylic acid groups (broad SMARTS) is 1. The van der Waals surface area contributed by atoms with Crippen molar-refractivity contribution >= 4 is 23.3 Å². The molecule has 6 nitrogen and oxygen atoms in total. The second kappa shape index (κ2) is 8.38. The van der Waals surface area contributed by atoms with Crippen LogP contribution < -0.4 is 5.32 Å². The molecule has 0 aliphatic heterocycles. The zero-order valence-electron chi connectivity index (χ0n) is 12.9. The van der Waals surface area contributed by atoms with Gasteiger partial charge in [-0.25, -0.2) is 4.79 Å². The lowest BCUT2D eigenvalue weighted by atomic mass is 10.3. The number of nitrogens with one attached hydrogen (secondary N) is 1. The van der Waals surface area contributed by atoms with E-state index in [2.05, 4.69) is 5.32 Å². The molecule has 0 aromatic carbocycles. The smallest absolute Gasteiger partial charge is 0.318 e. The summed E-state index contributed by atoms with van der Waals surface area (Å²) in [5.74, 6) is -0.153. The lowest BCUT2D eigenvalue weighted by Crippen LogP contribution is -2.39. The third kappa shape index (κ3) is 5.78. The third-order valence-corrected chi connectivity index (χ3v) is 4.19. The first kappa shape index (κ1) is 17.1. The number of urea groups is 1. The molecule has 2 rings (SSSR count). The summed E-state index contributed by atoms with van der Waals surface area (Å²) < 4.78 is 5.32. The zero-order chi connectivity index (χ0) is 16.7.